The van der Waals surface area contributed by atoms with Crippen molar-refractivity contribution in [3.8, 4) is 0 Å². The highest BCUT2D eigenvalue weighted by Gasteiger charge is 2.30. The highest BCUT2D eigenvalue weighted by Crippen LogP contribution is 2.32. The van der Waals surface area contributed by atoms with E-state index in [4.69, 9.17) is 0 Å². The number of amides is 2. The molecule has 1 atom stereocenters. The maximum Gasteiger partial charge on any atom is 0.261 e. The summed E-state index contributed by atoms with van der Waals surface area (Å²) in [5.41, 5.74) is 2.19. The Morgan fingerprint density at radius 1 is 1.24 bits per heavy atom. The summed E-state index contributed by atoms with van der Waals surface area (Å²) in [5, 5.41) is 6.75. The number of benzene rings is 1. The molecule has 0 saturated heterocycles. The summed E-state index contributed by atoms with van der Waals surface area (Å²) in [4.78, 5) is 25.1. The second-order valence-electron chi connectivity index (χ2n) is 6.79. The van der Waals surface area contributed by atoms with Crippen molar-refractivity contribution in [1.82, 2.24) is 5.32 Å². The van der Waals surface area contributed by atoms with Crippen LogP contribution < -0.4 is 10.6 Å². The molecule has 1 aliphatic rings. The molecular weight excluding hydrogens is 332 g/mol. The van der Waals surface area contributed by atoms with Gasteiger partial charge in [-0.05, 0) is 56.7 Å². The van der Waals surface area contributed by atoms with Gasteiger partial charge < -0.3 is 10.6 Å². The molecule has 0 radical (unpaired) electrons. The van der Waals surface area contributed by atoms with Crippen LogP contribution in [-0.4, -0.2) is 17.9 Å². The molecule has 1 saturated carbocycles. The number of nitrogens with one attached hydrogen (secondary N) is 2. The predicted octanol–water partition coefficient (Wildman–Crippen LogP) is 4.16. The van der Waals surface area contributed by atoms with Gasteiger partial charge in [-0.2, -0.15) is 0 Å². The Bertz CT molecular complexity index is 750. The molecule has 0 bridgehead atoms. The minimum Gasteiger partial charge on any atom is -0.349 e. The first-order valence-electron chi connectivity index (χ1n) is 8.79. The third-order valence-corrected chi connectivity index (χ3v) is 5.56. The third-order valence-electron chi connectivity index (χ3n) is 4.40. The average molecular weight is 356 g/mol. The smallest absolute Gasteiger partial charge is 0.261 e. The second kappa shape index (κ2) is 7.83. The predicted molar refractivity (Wildman–Crippen MR) is 102 cm³/mol. The minimum absolute atomic E-state index is 0.0602. The van der Waals surface area contributed by atoms with Crippen LogP contribution in [0.4, 0.5) is 5.00 Å². The monoisotopic (exact) mass is 356 g/mol. The molecule has 132 valence electrons. The SMILES string of the molecule is Cc1cc(NC(=O)C2CC2)sc1C(=O)NC(C)CCc1ccccc1. The van der Waals surface area contributed by atoms with Crippen LogP contribution in [0.1, 0.15) is 47.0 Å². The fourth-order valence-electron chi connectivity index (χ4n) is 2.73. The Labute approximate surface area is 152 Å². The van der Waals surface area contributed by atoms with Crippen molar-refractivity contribution in [2.45, 2.75) is 45.6 Å². The Balaban J connectivity index is 1.53. The molecule has 2 amide bonds. The first kappa shape index (κ1) is 17.7. The fourth-order valence-corrected chi connectivity index (χ4v) is 3.71. The summed E-state index contributed by atoms with van der Waals surface area (Å²) >= 11 is 1.35. The molecule has 1 fully saturated rings. The van der Waals surface area contributed by atoms with Crippen molar-refractivity contribution in [3.05, 3.63) is 52.4 Å². The van der Waals surface area contributed by atoms with E-state index in [1.807, 2.05) is 38.1 Å². The Morgan fingerprint density at radius 3 is 2.64 bits per heavy atom. The molecule has 2 aromatic rings. The summed E-state index contributed by atoms with van der Waals surface area (Å²) in [6.45, 7) is 3.94. The van der Waals surface area contributed by atoms with Gasteiger partial charge >= 0.3 is 0 Å². The lowest BCUT2D eigenvalue weighted by Gasteiger charge is -2.13. The van der Waals surface area contributed by atoms with Crippen LogP contribution >= 0.6 is 11.3 Å². The van der Waals surface area contributed by atoms with Gasteiger partial charge in [-0.1, -0.05) is 30.3 Å². The van der Waals surface area contributed by atoms with Gasteiger partial charge in [0, 0.05) is 12.0 Å². The summed E-state index contributed by atoms with van der Waals surface area (Å²) in [6.07, 6.45) is 3.78. The van der Waals surface area contributed by atoms with E-state index >= 15 is 0 Å². The second-order valence-corrected chi connectivity index (χ2v) is 7.84. The summed E-state index contributed by atoms with van der Waals surface area (Å²) in [5.74, 6) is 0.178. The van der Waals surface area contributed by atoms with Crippen molar-refractivity contribution in [2.24, 2.45) is 5.92 Å². The molecular formula is C20H24N2O2S. The molecule has 1 aromatic carbocycles. The van der Waals surface area contributed by atoms with E-state index in [0.717, 1.165) is 36.2 Å². The Morgan fingerprint density at radius 2 is 1.96 bits per heavy atom. The number of carbonyl (C=O) groups excluding carboxylic acids is 2. The molecule has 5 heteroatoms. The lowest BCUT2D eigenvalue weighted by atomic mass is 10.1. The number of anilines is 1. The summed E-state index contributed by atoms with van der Waals surface area (Å²) in [7, 11) is 0. The normalized spacial score (nSPS) is 14.8. The van der Waals surface area contributed by atoms with E-state index in [1.165, 1.54) is 16.9 Å². The summed E-state index contributed by atoms with van der Waals surface area (Å²) in [6, 6.07) is 12.3. The van der Waals surface area contributed by atoms with E-state index in [9.17, 15) is 9.59 Å². The average Bonchev–Trinajstić information content (AvgIpc) is 3.38. The summed E-state index contributed by atoms with van der Waals surface area (Å²) < 4.78 is 0. The van der Waals surface area contributed by atoms with Gasteiger partial charge in [0.25, 0.3) is 5.91 Å². The molecule has 4 nitrogen and oxygen atoms in total. The van der Waals surface area contributed by atoms with Gasteiger partial charge in [0.05, 0.1) is 9.88 Å². The van der Waals surface area contributed by atoms with E-state index in [0.29, 0.717) is 4.88 Å². The van der Waals surface area contributed by atoms with E-state index < -0.39 is 0 Å². The number of aryl methyl sites for hydroxylation is 2. The van der Waals surface area contributed by atoms with Crippen LogP contribution in [0.2, 0.25) is 0 Å². The highest BCUT2D eigenvalue weighted by atomic mass is 32.1. The minimum atomic E-state index is -0.0602. The van der Waals surface area contributed by atoms with E-state index in [-0.39, 0.29) is 23.8 Å². The highest BCUT2D eigenvalue weighted by molar-refractivity contribution is 7.18. The van der Waals surface area contributed by atoms with Crippen LogP contribution in [0.5, 0.6) is 0 Å². The molecule has 3 rings (SSSR count). The van der Waals surface area contributed by atoms with Gasteiger partial charge in [-0.15, -0.1) is 11.3 Å². The first-order valence-corrected chi connectivity index (χ1v) is 9.60. The Kier molecular flexibility index (Phi) is 5.53. The van der Waals surface area contributed by atoms with Gasteiger partial charge in [-0.3, -0.25) is 9.59 Å². The Hall–Kier alpha value is -2.14. The molecule has 1 heterocycles. The third kappa shape index (κ3) is 4.92. The molecule has 0 spiro atoms. The van der Waals surface area contributed by atoms with Crippen molar-refractivity contribution in [2.75, 3.05) is 5.32 Å². The maximum absolute atomic E-state index is 12.5. The van der Waals surface area contributed by atoms with Gasteiger partial charge in [0.1, 0.15) is 0 Å². The van der Waals surface area contributed by atoms with E-state index in [2.05, 4.69) is 22.8 Å². The lowest BCUT2D eigenvalue weighted by Crippen LogP contribution is -2.32. The van der Waals surface area contributed by atoms with Crippen LogP contribution in [0, 0.1) is 12.8 Å². The zero-order chi connectivity index (χ0) is 17.8. The number of carbonyl (C=O) groups is 2. The van der Waals surface area contributed by atoms with Gasteiger partial charge in [0.15, 0.2) is 0 Å². The molecule has 25 heavy (non-hydrogen) atoms. The van der Waals surface area contributed by atoms with E-state index in [1.54, 1.807) is 0 Å². The van der Waals surface area contributed by atoms with Crippen LogP contribution in [0.15, 0.2) is 36.4 Å². The lowest BCUT2D eigenvalue weighted by molar-refractivity contribution is -0.117. The fraction of sp³-hybridized carbons (Fsp3) is 0.400. The number of hydrogen-bond acceptors (Lipinski definition) is 3. The zero-order valence-corrected chi connectivity index (χ0v) is 15.5. The van der Waals surface area contributed by atoms with Crippen LogP contribution in [-0.2, 0) is 11.2 Å². The van der Waals surface area contributed by atoms with Gasteiger partial charge in [-0.25, -0.2) is 0 Å². The largest absolute Gasteiger partial charge is 0.349 e. The van der Waals surface area contributed by atoms with Crippen molar-refractivity contribution in [1.29, 1.82) is 0 Å². The number of hydrogen-bond donors (Lipinski definition) is 2. The maximum atomic E-state index is 12.5. The van der Waals surface area contributed by atoms with Crippen molar-refractivity contribution in [3.63, 3.8) is 0 Å². The molecule has 2 N–H and O–H groups in total. The molecule has 0 aliphatic heterocycles. The van der Waals surface area contributed by atoms with Crippen LogP contribution in [0.3, 0.4) is 0 Å². The topological polar surface area (TPSA) is 58.2 Å². The first-order chi connectivity index (χ1) is 12.0. The number of thiophene rings is 1. The van der Waals surface area contributed by atoms with Crippen molar-refractivity contribution < 1.29 is 9.59 Å². The molecule has 1 aromatic heterocycles. The molecule has 1 aliphatic carbocycles. The number of rotatable bonds is 7. The van der Waals surface area contributed by atoms with Gasteiger partial charge in [0.2, 0.25) is 5.91 Å². The van der Waals surface area contributed by atoms with Crippen molar-refractivity contribution >= 4 is 28.2 Å². The quantitative estimate of drug-likeness (QED) is 0.783. The zero-order valence-electron chi connectivity index (χ0n) is 14.7. The standard InChI is InChI=1S/C20H24N2O2S/c1-13-12-17(22-19(23)16-10-11-16)25-18(13)20(24)21-14(2)8-9-15-6-4-3-5-7-15/h3-7,12,14,16H,8-11H2,1-2H3,(H,21,24)(H,22,23). The van der Waals surface area contributed by atoms with Crippen LogP contribution in [0.25, 0.3) is 0 Å². The molecule has 1 unspecified atom stereocenters.